The van der Waals surface area contributed by atoms with Gasteiger partial charge in [-0.2, -0.15) is 13.2 Å². The monoisotopic (exact) mass is 496 g/mol. The molecule has 5 nitrogen and oxygen atoms in total. The largest absolute Gasteiger partial charge is 0.481 e. The molecule has 0 bridgehead atoms. The number of hydrogen-bond acceptors (Lipinski definition) is 4. The van der Waals surface area contributed by atoms with Gasteiger partial charge in [0.1, 0.15) is 0 Å². The molecule has 1 aliphatic rings. The molecule has 1 fully saturated rings. The Balaban J connectivity index is 1.33. The zero-order valence-corrected chi connectivity index (χ0v) is 19.6. The van der Waals surface area contributed by atoms with E-state index in [2.05, 4.69) is 17.0 Å². The zero-order valence-electron chi connectivity index (χ0n) is 19.6. The van der Waals surface area contributed by atoms with E-state index < -0.39 is 17.7 Å². The quantitative estimate of drug-likeness (QED) is 0.358. The van der Waals surface area contributed by atoms with Crippen LogP contribution in [0.25, 0.3) is 16.8 Å². The highest BCUT2D eigenvalue weighted by molar-refractivity contribution is 5.70. The van der Waals surface area contributed by atoms with Crippen LogP contribution in [0.5, 0.6) is 0 Å². The lowest BCUT2D eigenvalue weighted by molar-refractivity contribution is -0.141. The maximum atomic E-state index is 13.7. The fraction of sp³-hybridized carbons (Fsp3) is 0.250. The summed E-state index contributed by atoms with van der Waals surface area (Å²) in [5.74, 6) is -1.07. The van der Waals surface area contributed by atoms with Gasteiger partial charge in [0.2, 0.25) is 0 Å². The van der Waals surface area contributed by atoms with Gasteiger partial charge < -0.3 is 5.11 Å². The third-order valence-electron chi connectivity index (χ3n) is 6.24. The zero-order chi connectivity index (χ0) is 25.7. The van der Waals surface area contributed by atoms with Crippen LogP contribution in [-0.4, -0.2) is 29.1 Å². The first-order chi connectivity index (χ1) is 17.2. The predicted octanol–water partition coefficient (Wildman–Crippen LogP) is 5.97. The summed E-state index contributed by atoms with van der Waals surface area (Å²) in [5.41, 5.74) is 5.31. The molecule has 4 rings (SSSR count). The number of aliphatic carboxylic acids is 1. The Bertz CT molecular complexity index is 1210. The third kappa shape index (κ3) is 6.33. The van der Waals surface area contributed by atoms with E-state index in [1.807, 2.05) is 24.3 Å². The lowest BCUT2D eigenvalue weighted by atomic mass is 9.97. The first kappa shape index (κ1) is 25.5. The molecule has 1 heterocycles. The smallest absolute Gasteiger partial charge is 0.417 e. The van der Waals surface area contributed by atoms with Gasteiger partial charge in [0.15, 0.2) is 0 Å². The third-order valence-corrected chi connectivity index (χ3v) is 6.24. The highest BCUT2D eigenvalue weighted by Crippen LogP contribution is 2.37. The molecular weight excluding hydrogens is 469 g/mol. The fourth-order valence-corrected chi connectivity index (χ4v) is 4.30. The summed E-state index contributed by atoms with van der Waals surface area (Å²) >= 11 is 0. The standard InChI is InChI=1S/C28H27F3N2O3/c1-19(22-10-7-20(8-11-22)16-33-14-13-24(17-33)27(34)35)32-36-18-21-9-12-25(23-5-3-2-4-6-23)26(15-21)28(29,30)31/h2-12,15,24,32H,1,13-14,16-18H2,(H,34,35). The molecule has 0 saturated carbocycles. The van der Waals surface area contributed by atoms with Crippen molar-refractivity contribution in [3.8, 4) is 11.1 Å². The average Bonchev–Trinajstić information content (AvgIpc) is 3.33. The Morgan fingerprint density at radius 3 is 2.39 bits per heavy atom. The van der Waals surface area contributed by atoms with E-state index in [1.165, 1.54) is 6.07 Å². The van der Waals surface area contributed by atoms with Gasteiger partial charge in [0.05, 0.1) is 23.8 Å². The van der Waals surface area contributed by atoms with E-state index >= 15 is 0 Å². The van der Waals surface area contributed by atoms with Gasteiger partial charge >= 0.3 is 12.1 Å². The van der Waals surface area contributed by atoms with E-state index in [-0.39, 0.29) is 18.1 Å². The van der Waals surface area contributed by atoms with E-state index in [0.29, 0.717) is 36.3 Å². The first-order valence-electron chi connectivity index (χ1n) is 11.6. The number of halogens is 3. The van der Waals surface area contributed by atoms with Crippen LogP contribution in [0.3, 0.4) is 0 Å². The van der Waals surface area contributed by atoms with Crippen molar-refractivity contribution in [3.63, 3.8) is 0 Å². The molecule has 0 amide bonds. The topological polar surface area (TPSA) is 61.8 Å². The molecule has 0 spiro atoms. The molecule has 1 saturated heterocycles. The van der Waals surface area contributed by atoms with Crippen molar-refractivity contribution in [1.82, 2.24) is 10.4 Å². The minimum Gasteiger partial charge on any atom is -0.481 e. The maximum Gasteiger partial charge on any atom is 0.417 e. The van der Waals surface area contributed by atoms with Crippen LogP contribution in [0.2, 0.25) is 0 Å². The second kappa shape index (κ2) is 11.0. The number of hydroxylamine groups is 1. The molecule has 1 unspecified atom stereocenters. The Morgan fingerprint density at radius 1 is 1.06 bits per heavy atom. The summed E-state index contributed by atoms with van der Waals surface area (Å²) in [6.07, 6.45) is -3.84. The van der Waals surface area contributed by atoms with E-state index in [9.17, 15) is 18.0 Å². The highest BCUT2D eigenvalue weighted by Gasteiger charge is 2.34. The maximum absolute atomic E-state index is 13.7. The number of likely N-dealkylation sites (tertiary alicyclic amines) is 1. The molecule has 3 aromatic carbocycles. The van der Waals surface area contributed by atoms with Gasteiger partial charge in [-0.1, -0.05) is 73.3 Å². The van der Waals surface area contributed by atoms with Crippen LogP contribution in [0, 0.1) is 5.92 Å². The molecule has 3 aromatic rings. The molecular formula is C28H27F3N2O3. The second-order valence-electron chi connectivity index (χ2n) is 8.87. The summed E-state index contributed by atoms with van der Waals surface area (Å²) in [7, 11) is 0. The summed E-state index contributed by atoms with van der Waals surface area (Å²) in [6, 6.07) is 20.3. The van der Waals surface area contributed by atoms with Crippen molar-refractivity contribution in [2.45, 2.75) is 25.7 Å². The summed E-state index contributed by atoms with van der Waals surface area (Å²) in [4.78, 5) is 18.7. The molecule has 8 heteroatoms. The minimum atomic E-state index is -4.50. The summed E-state index contributed by atoms with van der Waals surface area (Å²) < 4.78 is 41.1. The van der Waals surface area contributed by atoms with Crippen molar-refractivity contribution in [1.29, 1.82) is 0 Å². The number of nitrogens with zero attached hydrogens (tertiary/aromatic N) is 1. The number of carboxylic acids is 1. The van der Waals surface area contributed by atoms with Gasteiger partial charge in [-0.05, 0) is 46.8 Å². The van der Waals surface area contributed by atoms with Crippen molar-refractivity contribution < 1.29 is 27.9 Å². The molecule has 0 radical (unpaired) electrons. The highest BCUT2D eigenvalue weighted by atomic mass is 19.4. The van der Waals surface area contributed by atoms with Gasteiger partial charge in [0.25, 0.3) is 0 Å². The van der Waals surface area contributed by atoms with E-state index in [0.717, 1.165) is 23.7 Å². The van der Waals surface area contributed by atoms with Gasteiger partial charge in [0, 0.05) is 13.1 Å². The number of carbonyl (C=O) groups is 1. The van der Waals surface area contributed by atoms with Crippen molar-refractivity contribution >= 4 is 11.7 Å². The molecule has 1 aliphatic heterocycles. The Kier molecular flexibility index (Phi) is 7.76. The Morgan fingerprint density at radius 2 is 1.75 bits per heavy atom. The molecule has 36 heavy (non-hydrogen) atoms. The van der Waals surface area contributed by atoms with Gasteiger partial charge in [-0.15, -0.1) is 0 Å². The lowest BCUT2D eigenvalue weighted by Crippen LogP contribution is -2.22. The van der Waals surface area contributed by atoms with Gasteiger partial charge in [-0.3, -0.25) is 20.0 Å². The SMILES string of the molecule is C=C(NOCc1ccc(-c2ccccc2)c(C(F)(F)F)c1)c1ccc(CN2CCC(C(=O)O)C2)cc1. The normalized spacial score (nSPS) is 16.1. The predicted molar refractivity (Wildman–Crippen MR) is 131 cm³/mol. The summed E-state index contributed by atoms with van der Waals surface area (Å²) in [5, 5.41) is 9.14. The first-order valence-corrected chi connectivity index (χ1v) is 11.6. The molecule has 188 valence electrons. The Labute approximate surface area is 207 Å². The second-order valence-corrected chi connectivity index (χ2v) is 8.87. The number of nitrogens with one attached hydrogen (secondary N) is 1. The Hall–Kier alpha value is -3.62. The number of carboxylic acid groups (broad SMARTS) is 1. The van der Waals surface area contributed by atoms with Crippen molar-refractivity contribution in [2.75, 3.05) is 13.1 Å². The summed E-state index contributed by atoms with van der Waals surface area (Å²) in [6.45, 7) is 5.83. The molecule has 2 N–H and O–H groups in total. The number of rotatable bonds is 9. The number of hydrogen-bond donors (Lipinski definition) is 2. The fourth-order valence-electron chi connectivity index (χ4n) is 4.30. The van der Waals surface area contributed by atoms with Crippen LogP contribution in [-0.2, 0) is 29.0 Å². The van der Waals surface area contributed by atoms with Crippen LogP contribution < -0.4 is 5.48 Å². The van der Waals surface area contributed by atoms with Crippen molar-refractivity contribution in [2.24, 2.45) is 5.92 Å². The molecule has 0 aromatic heterocycles. The van der Waals surface area contributed by atoms with Crippen molar-refractivity contribution in [3.05, 3.63) is 102 Å². The van der Waals surface area contributed by atoms with Crippen LogP contribution in [0.15, 0.2) is 79.4 Å². The average molecular weight is 497 g/mol. The van der Waals surface area contributed by atoms with Crippen LogP contribution in [0.1, 0.15) is 28.7 Å². The van der Waals surface area contributed by atoms with Crippen LogP contribution >= 0.6 is 0 Å². The van der Waals surface area contributed by atoms with Gasteiger partial charge in [-0.25, -0.2) is 0 Å². The van der Waals surface area contributed by atoms with Crippen LogP contribution in [0.4, 0.5) is 13.2 Å². The van der Waals surface area contributed by atoms with E-state index in [1.54, 1.807) is 36.4 Å². The van der Waals surface area contributed by atoms with E-state index in [4.69, 9.17) is 9.94 Å². The lowest BCUT2D eigenvalue weighted by Gasteiger charge is -2.16. The number of benzene rings is 3. The molecule has 0 aliphatic carbocycles. The number of alkyl halides is 3. The molecule has 1 atom stereocenters. The minimum absolute atomic E-state index is 0.0744.